The maximum atomic E-state index is 12.7. The average molecular weight is 480 g/mol. The molecule has 0 fully saturated rings. The van der Waals surface area contributed by atoms with E-state index < -0.39 is 22.7 Å². The molecule has 0 aliphatic heterocycles. The predicted octanol–water partition coefficient (Wildman–Crippen LogP) is 6.88. The van der Waals surface area contributed by atoms with Crippen molar-refractivity contribution < 1.29 is 18.4 Å². The molecule has 0 saturated carbocycles. The first kappa shape index (κ1) is 28.6. The van der Waals surface area contributed by atoms with Gasteiger partial charge in [0.2, 0.25) is 0 Å². The summed E-state index contributed by atoms with van der Waals surface area (Å²) in [6, 6.07) is 9.25. The SMILES string of the molecule is C=C[C@@H](O[Si](C)(C)C(C)(C)C)[C@H](CO[Si](C)(C)C(C)(C)C)NC(=O)OCc1ccccc1. The third-order valence-corrected chi connectivity index (χ3v) is 15.8. The van der Waals surface area contributed by atoms with Gasteiger partial charge in [0.1, 0.15) is 6.61 Å². The van der Waals surface area contributed by atoms with Crippen LogP contribution >= 0.6 is 0 Å². The topological polar surface area (TPSA) is 56.8 Å². The van der Waals surface area contributed by atoms with E-state index in [1.54, 1.807) is 6.08 Å². The molecule has 0 bridgehead atoms. The zero-order chi connectivity index (χ0) is 24.8. The first-order valence-electron chi connectivity index (χ1n) is 11.4. The monoisotopic (exact) mass is 479 g/mol. The Balaban J connectivity index is 3.00. The van der Waals surface area contributed by atoms with Gasteiger partial charge < -0.3 is 18.9 Å². The number of alkyl carbamates (subject to hydrolysis) is 1. The van der Waals surface area contributed by atoms with Crippen molar-refractivity contribution in [2.75, 3.05) is 6.61 Å². The number of carbonyl (C=O) groups excluding carboxylic acids is 1. The molecule has 182 valence electrons. The lowest BCUT2D eigenvalue weighted by molar-refractivity contribution is 0.102. The molecule has 0 saturated heterocycles. The summed E-state index contributed by atoms with van der Waals surface area (Å²) in [5.74, 6) is 0. The number of ether oxygens (including phenoxy) is 1. The van der Waals surface area contributed by atoms with Crippen molar-refractivity contribution in [1.82, 2.24) is 5.32 Å². The van der Waals surface area contributed by atoms with Gasteiger partial charge in [0.25, 0.3) is 0 Å². The minimum Gasteiger partial charge on any atom is -0.445 e. The van der Waals surface area contributed by atoms with Crippen molar-refractivity contribution in [1.29, 1.82) is 0 Å². The fourth-order valence-electron chi connectivity index (χ4n) is 2.46. The predicted molar refractivity (Wildman–Crippen MR) is 139 cm³/mol. The number of benzene rings is 1. The summed E-state index contributed by atoms with van der Waals surface area (Å²) in [6.07, 6.45) is 0.922. The largest absolute Gasteiger partial charge is 0.445 e. The second-order valence-corrected chi connectivity index (χ2v) is 21.0. The van der Waals surface area contributed by atoms with Crippen molar-refractivity contribution in [3.05, 3.63) is 48.6 Å². The minimum atomic E-state index is -2.09. The molecule has 0 spiro atoms. The van der Waals surface area contributed by atoms with Gasteiger partial charge in [-0.1, -0.05) is 78.0 Å². The van der Waals surface area contributed by atoms with Gasteiger partial charge in [0.15, 0.2) is 16.6 Å². The standard InChI is InChI=1S/C25H45NO4Si2/c1-12-22(30-32(10,11)25(5,6)7)21(19-29-31(8,9)24(2,3)4)26-23(27)28-18-20-16-14-13-15-17-20/h12-17,21-22H,1,18-19H2,2-11H3,(H,26,27)/t21-,22+/m0/s1. The highest BCUT2D eigenvalue weighted by Crippen LogP contribution is 2.39. The molecule has 5 nitrogen and oxygen atoms in total. The molecule has 0 aromatic heterocycles. The summed E-state index contributed by atoms with van der Waals surface area (Å²) >= 11 is 0. The fraction of sp³-hybridized carbons (Fsp3) is 0.640. The summed E-state index contributed by atoms with van der Waals surface area (Å²) in [5, 5.41) is 3.10. The van der Waals surface area contributed by atoms with Crippen LogP contribution in [0.15, 0.2) is 43.0 Å². The van der Waals surface area contributed by atoms with E-state index >= 15 is 0 Å². The van der Waals surface area contributed by atoms with E-state index in [0.29, 0.717) is 6.61 Å². The molecule has 1 amide bonds. The summed E-state index contributed by atoms with van der Waals surface area (Å²) < 4.78 is 18.6. The van der Waals surface area contributed by atoms with Crippen molar-refractivity contribution in [2.45, 2.75) is 96.6 Å². The van der Waals surface area contributed by atoms with E-state index in [0.717, 1.165) is 5.56 Å². The molecule has 0 heterocycles. The fourth-order valence-corrected chi connectivity index (χ4v) is 4.78. The number of hydrogen-bond donors (Lipinski definition) is 1. The highest BCUT2D eigenvalue weighted by atomic mass is 28.4. The highest BCUT2D eigenvalue weighted by molar-refractivity contribution is 6.74. The lowest BCUT2D eigenvalue weighted by Crippen LogP contribution is -2.54. The number of amides is 1. The van der Waals surface area contributed by atoms with E-state index in [4.69, 9.17) is 13.6 Å². The van der Waals surface area contributed by atoms with Gasteiger partial charge in [-0.25, -0.2) is 4.79 Å². The molecule has 0 aliphatic rings. The van der Waals surface area contributed by atoms with Gasteiger partial charge in [-0.05, 0) is 41.8 Å². The van der Waals surface area contributed by atoms with E-state index in [-0.39, 0.29) is 28.8 Å². The molecule has 0 unspecified atom stereocenters. The van der Waals surface area contributed by atoms with Crippen LogP contribution in [0.2, 0.25) is 36.3 Å². The van der Waals surface area contributed by atoms with Gasteiger partial charge >= 0.3 is 6.09 Å². The number of carbonyl (C=O) groups is 1. The van der Waals surface area contributed by atoms with E-state index in [9.17, 15) is 4.79 Å². The molecule has 1 aromatic carbocycles. The van der Waals surface area contributed by atoms with Crippen LogP contribution in [0.4, 0.5) is 4.79 Å². The molecular weight excluding hydrogens is 434 g/mol. The summed E-state index contributed by atoms with van der Waals surface area (Å²) in [6.45, 7) is 26.6. The lowest BCUT2D eigenvalue weighted by atomic mass is 10.2. The van der Waals surface area contributed by atoms with Crippen molar-refractivity contribution in [3.8, 4) is 0 Å². The van der Waals surface area contributed by atoms with Gasteiger partial charge in [0, 0.05) is 0 Å². The van der Waals surface area contributed by atoms with Crippen LogP contribution in [0.25, 0.3) is 0 Å². The smallest absolute Gasteiger partial charge is 0.407 e. The molecule has 0 radical (unpaired) electrons. The summed E-state index contributed by atoms with van der Waals surface area (Å²) in [5.41, 5.74) is 0.939. The summed E-state index contributed by atoms with van der Waals surface area (Å²) in [4.78, 5) is 12.7. The zero-order valence-electron chi connectivity index (χ0n) is 21.9. The third kappa shape index (κ3) is 8.50. The van der Waals surface area contributed by atoms with Crippen LogP contribution in [0, 0.1) is 0 Å². The van der Waals surface area contributed by atoms with Gasteiger partial charge in [-0.3, -0.25) is 0 Å². The number of hydrogen-bond acceptors (Lipinski definition) is 4. The molecule has 1 aromatic rings. The molecule has 2 atom stereocenters. The minimum absolute atomic E-state index is 0.0346. The molecule has 1 rings (SSSR count). The summed E-state index contributed by atoms with van der Waals surface area (Å²) in [7, 11) is -4.11. The van der Waals surface area contributed by atoms with Crippen LogP contribution in [0.3, 0.4) is 0 Å². The Morgan fingerprint density at radius 2 is 1.53 bits per heavy atom. The normalized spacial score (nSPS) is 15.1. The van der Waals surface area contributed by atoms with E-state index in [2.05, 4.69) is 79.6 Å². The lowest BCUT2D eigenvalue weighted by Gasteiger charge is -2.42. The highest BCUT2D eigenvalue weighted by Gasteiger charge is 2.42. The molecular formula is C25H45NO4Si2. The van der Waals surface area contributed by atoms with Crippen LogP contribution in [-0.2, 0) is 20.2 Å². The quantitative estimate of drug-likeness (QED) is 0.293. The van der Waals surface area contributed by atoms with Crippen LogP contribution < -0.4 is 5.32 Å². The number of rotatable bonds is 10. The second kappa shape index (κ2) is 11.1. The van der Waals surface area contributed by atoms with E-state index in [1.807, 2.05) is 30.3 Å². The first-order valence-corrected chi connectivity index (χ1v) is 17.2. The Bertz CT molecular complexity index is 737. The average Bonchev–Trinajstić information content (AvgIpc) is 2.67. The second-order valence-electron chi connectivity index (χ2n) is 11.5. The van der Waals surface area contributed by atoms with Gasteiger partial charge in [0.05, 0.1) is 18.8 Å². The Labute approximate surface area is 198 Å². The Morgan fingerprint density at radius 3 is 2.00 bits per heavy atom. The van der Waals surface area contributed by atoms with Crippen LogP contribution in [-0.4, -0.2) is 41.5 Å². The van der Waals surface area contributed by atoms with Crippen molar-refractivity contribution in [2.24, 2.45) is 0 Å². The maximum Gasteiger partial charge on any atom is 0.407 e. The molecule has 32 heavy (non-hydrogen) atoms. The van der Waals surface area contributed by atoms with Crippen molar-refractivity contribution >= 4 is 22.7 Å². The third-order valence-electron chi connectivity index (χ3n) is 6.81. The molecule has 7 heteroatoms. The van der Waals surface area contributed by atoms with Crippen LogP contribution in [0.1, 0.15) is 47.1 Å². The number of nitrogens with one attached hydrogen (secondary N) is 1. The van der Waals surface area contributed by atoms with Crippen molar-refractivity contribution in [3.63, 3.8) is 0 Å². The van der Waals surface area contributed by atoms with Crippen LogP contribution in [0.5, 0.6) is 0 Å². The van der Waals surface area contributed by atoms with Gasteiger partial charge in [-0.15, -0.1) is 6.58 Å². The first-order chi connectivity index (χ1) is 14.5. The Kier molecular flexibility index (Phi) is 9.96. The Hall–Kier alpha value is -1.42. The molecule has 1 N–H and O–H groups in total. The van der Waals surface area contributed by atoms with Gasteiger partial charge in [-0.2, -0.15) is 0 Å². The van der Waals surface area contributed by atoms with E-state index in [1.165, 1.54) is 0 Å². The molecule has 0 aliphatic carbocycles. The Morgan fingerprint density at radius 1 is 1.00 bits per heavy atom. The zero-order valence-corrected chi connectivity index (χ0v) is 23.9. The maximum absolute atomic E-state index is 12.7.